The second-order valence-corrected chi connectivity index (χ2v) is 2.24. The van der Waals surface area contributed by atoms with Crippen LogP contribution in [0, 0.1) is 11.8 Å². The molecule has 0 aromatic carbocycles. The van der Waals surface area contributed by atoms with Crippen molar-refractivity contribution in [2.75, 3.05) is 0 Å². The molecule has 1 rings (SSSR count). The Morgan fingerprint density at radius 3 is 2.92 bits per heavy atom. The van der Waals surface area contributed by atoms with Gasteiger partial charge in [0.15, 0.2) is 6.29 Å². The summed E-state index contributed by atoms with van der Waals surface area (Å²) in [4.78, 5) is 24.2. The predicted octanol–water partition coefficient (Wildman–Crippen LogP) is 0.835. The Hall–Kier alpha value is -1.95. The average molecular weight is 173 g/mol. The Labute approximate surface area is 75.8 Å². The Balaban J connectivity index is 2.84. The summed E-state index contributed by atoms with van der Waals surface area (Å²) in [6.07, 6.45) is 1.56. The molecule has 13 heavy (non-hydrogen) atoms. The molecule has 1 aromatic rings. The van der Waals surface area contributed by atoms with Gasteiger partial charge in [-0.2, -0.15) is 0 Å². The van der Waals surface area contributed by atoms with Crippen molar-refractivity contribution in [3.63, 3.8) is 0 Å². The van der Waals surface area contributed by atoms with Crippen LogP contribution in [0.15, 0.2) is 18.2 Å². The van der Waals surface area contributed by atoms with Gasteiger partial charge >= 0.3 is 0 Å². The van der Waals surface area contributed by atoms with Crippen LogP contribution in [0.3, 0.4) is 0 Å². The standard InChI is InChI=1S/C10H7NO2/c12-7-2-1-4-9-5-3-6-10(8-13)11-9/h3,5-8H,2H2. The number of nitrogens with zero attached hydrogens (tertiary/aromatic N) is 1. The van der Waals surface area contributed by atoms with Gasteiger partial charge in [0, 0.05) is 0 Å². The summed E-state index contributed by atoms with van der Waals surface area (Å²) in [5.41, 5.74) is 0.851. The van der Waals surface area contributed by atoms with Crippen molar-refractivity contribution in [1.29, 1.82) is 0 Å². The van der Waals surface area contributed by atoms with E-state index in [0.29, 0.717) is 17.7 Å². The molecule has 0 spiro atoms. The molecular formula is C10H7NO2. The summed E-state index contributed by atoms with van der Waals surface area (Å²) in [6.45, 7) is 0. The zero-order valence-corrected chi connectivity index (χ0v) is 6.86. The van der Waals surface area contributed by atoms with E-state index in [9.17, 15) is 9.59 Å². The molecule has 1 heterocycles. The molecule has 0 saturated heterocycles. The third-order valence-corrected chi connectivity index (χ3v) is 1.29. The second-order valence-electron chi connectivity index (χ2n) is 2.24. The Kier molecular flexibility index (Phi) is 3.40. The van der Waals surface area contributed by atoms with E-state index in [0.717, 1.165) is 6.29 Å². The zero-order valence-electron chi connectivity index (χ0n) is 6.86. The van der Waals surface area contributed by atoms with E-state index in [4.69, 9.17) is 0 Å². The third kappa shape index (κ3) is 2.88. The summed E-state index contributed by atoms with van der Waals surface area (Å²) < 4.78 is 0. The van der Waals surface area contributed by atoms with E-state index in [-0.39, 0.29) is 6.42 Å². The van der Waals surface area contributed by atoms with Crippen molar-refractivity contribution in [3.05, 3.63) is 29.6 Å². The minimum Gasteiger partial charge on any atom is -0.302 e. The average Bonchev–Trinajstić information content (AvgIpc) is 2.19. The van der Waals surface area contributed by atoms with Crippen molar-refractivity contribution >= 4 is 12.6 Å². The number of pyridine rings is 1. The van der Waals surface area contributed by atoms with Crippen LogP contribution in [-0.4, -0.2) is 17.6 Å². The topological polar surface area (TPSA) is 47.0 Å². The molecule has 0 atom stereocenters. The first-order valence-electron chi connectivity index (χ1n) is 3.71. The fourth-order valence-electron chi connectivity index (χ4n) is 0.770. The number of carbonyl (C=O) groups excluding carboxylic acids is 2. The van der Waals surface area contributed by atoms with Crippen LogP contribution in [0.1, 0.15) is 22.6 Å². The predicted molar refractivity (Wildman–Crippen MR) is 47.2 cm³/mol. The Morgan fingerprint density at radius 2 is 2.23 bits per heavy atom. The first-order chi connectivity index (χ1) is 6.36. The maximum Gasteiger partial charge on any atom is 0.168 e. The normalized spacial score (nSPS) is 8.31. The smallest absolute Gasteiger partial charge is 0.168 e. The molecule has 1 aromatic heterocycles. The van der Waals surface area contributed by atoms with E-state index in [1.165, 1.54) is 0 Å². The molecule has 0 unspecified atom stereocenters. The maximum atomic E-state index is 10.3. The summed E-state index contributed by atoms with van der Waals surface area (Å²) in [5, 5.41) is 0. The zero-order chi connectivity index (χ0) is 9.52. The number of aldehydes is 2. The van der Waals surface area contributed by atoms with Gasteiger partial charge in [-0.1, -0.05) is 12.0 Å². The lowest BCUT2D eigenvalue weighted by Crippen LogP contribution is -1.88. The number of carbonyl (C=O) groups is 2. The van der Waals surface area contributed by atoms with Crippen LogP contribution in [0.5, 0.6) is 0 Å². The molecule has 0 aliphatic heterocycles. The second kappa shape index (κ2) is 4.83. The first kappa shape index (κ1) is 9.14. The lowest BCUT2D eigenvalue weighted by Gasteiger charge is -1.89. The number of hydrogen-bond acceptors (Lipinski definition) is 3. The summed E-state index contributed by atoms with van der Waals surface area (Å²) in [5.74, 6) is 5.28. The van der Waals surface area contributed by atoms with Crippen molar-refractivity contribution < 1.29 is 9.59 Å². The largest absolute Gasteiger partial charge is 0.302 e. The molecule has 0 saturated carbocycles. The Morgan fingerprint density at radius 1 is 1.38 bits per heavy atom. The fraction of sp³-hybridized carbons (Fsp3) is 0.100. The summed E-state index contributed by atoms with van der Waals surface area (Å²) >= 11 is 0. The summed E-state index contributed by atoms with van der Waals surface area (Å²) in [6, 6.07) is 4.98. The van der Waals surface area contributed by atoms with Crippen LogP contribution >= 0.6 is 0 Å². The first-order valence-corrected chi connectivity index (χ1v) is 3.71. The summed E-state index contributed by atoms with van der Waals surface area (Å²) in [7, 11) is 0. The van der Waals surface area contributed by atoms with Gasteiger partial charge in [-0.3, -0.25) is 4.79 Å². The number of aromatic nitrogens is 1. The van der Waals surface area contributed by atoms with Crippen molar-refractivity contribution in [2.45, 2.75) is 6.42 Å². The van der Waals surface area contributed by atoms with Gasteiger partial charge in [0.05, 0.1) is 6.42 Å². The molecule has 0 aliphatic rings. The SMILES string of the molecule is O=CCC#Cc1cccc(C=O)n1. The third-order valence-electron chi connectivity index (χ3n) is 1.29. The van der Waals surface area contributed by atoms with Crippen LogP contribution in [0.2, 0.25) is 0 Å². The molecule has 0 bridgehead atoms. The lowest BCUT2D eigenvalue weighted by atomic mass is 10.3. The molecule has 0 aliphatic carbocycles. The highest BCUT2D eigenvalue weighted by molar-refractivity contribution is 5.71. The van der Waals surface area contributed by atoms with Gasteiger partial charge in [-0.05, 0) is 18.1 Å². The van der Waals surface area contributed by atoms with Crippen LogP contribution in [-0.2, 0) is 4.79 Å². The van der Waals surface area contributed by atoms with Crippen LogP contribution in [0.4, 0.5) is 0 Å². The van der Waals surface area contributed by atoms with Crippen molar-refractivity contribution in [3.8, 4) is 11.8 Å². The fourth-order valence-corrected chi connectivity index (χ4v) is 0.770. The lowest BCUT2D eigenvalue weighted by molar-refractivity contribution is -0.107. The van der Waals surface area contributed by atoms with Crippen LogP contribution in [0.25, 0.3) is 0 Å². The van der Waals surface area contributed by atoms with Gasteiger partial charge in [-0.25, -0.2) is 4.98 Å². The highest BCUT2D eigenvalue weighted by Gasteiger charge is 1.91. The number of hydrogen-bond donors (Lipinski definition) is 0. The van der Waals surface area contributed by atoms with Gasteiger partial charge in [0.25, 0.3) is 0 Å². The van der Waals surface area contributed by atoms with E-state index in [2.05, 4.69) is 16.8 Å². The van der Waals surface area contributed by atoms with E-state index < -0.39 is 0 Å². The van der Waals surface area contributed by atoms with Crippen molar-refractivity contribution in [2.24, 2.45) is 0 Å². The van der Waals surface area contributed by atoms with Gasteiger partial charge < -0.3 is 4.79 Å². The highest BCUT2D eigenvalue weighted by atomic mass is 16.1. The van der Waals surface area contributed by atoms with Gasteiger partial charge in [0.2, 0.25) is 0 Å². The highest BCUT2D eigenvalue weighted by Crippen LogP contribution is 1.94. The monoisotopic (exact) mass is 173 g/mol. The minimum absolute atomic E-state index is 0.187. The molecule has 0 N–H and O–H groups in total. The van der Waals surface area contributed by atoms with Crippen LogP contribution < -0.4 is 0 Å². The minimum atomic E-state index is 0.187. The molecule has 3 heteroatoms. The maximum absolute atomic E-state index is 10.3. The number of rotatable bonds is 2. The molecule has 3 nitrogen and oxygen atoms in total. The Bertz CT molecular complexity index is 374. The van der Waals surface area contributed by atoms with E-state index >= 15 is 0 Å². The molecule has 0 radical (unpaired) electrons. The molecular weight excluding hydrogens is 166 g/mol. The quantitative estimate of drug-likeness (QED) is 0.491. The molecule has 0 amide bonds. The van der Waals surface area contributed by atoms with Gasteiger partial charge in [0.1, 0.15) is 17.7 Å². The van der Waals surface area contributed by atoms with Crippen molar-refractivity contribution in [1.82, 2.24) is 4.98 Å². The van der Waals surface area contributed by atoms with Gasteiger partial charge in [-0.15, -0.1) is 0 Å². The van der Waals surface area contributed by atoms with E-state index in [1.807, 2.05) is 0 Å². The van der Waals surface area contributed by atoms with E-state index in [1.54, 1.807) is 18.2 Å². The molecule has 0 fully saturated rings. The molecule has 64 valence electrons.